The minimum absolute atomic E-state index is 0.0219. The van der Waals surface area contributed by atoms with E-state index >= 15 is 0 Å². The summed E-state index contributed by atoms with van der Waals surface area (Å²) in [6, 6.07) is -0.127. The Labute approximate surface area is 104 Å². The molecule has 0 radical (unpaired) electrons. The van der Waals surface area contributed by atoms with E-state index in [1.165, 1.54) is 0 Å². The fourth-order valence-corrected chi connectivity index (χ4v) is 2.25. The Kier molecular flexibility index (Phi) is 5.45. The summed E-state index contributed by atoms with van der Waals surface area (Å²) >= 11 is 0. The Bertz CT molecular complexity index is 279. The SMILES string of the molecule is CCCCC(C)N1CC(=O)NC(CCC)C1=O. The fraction of sp³-hybridized carbons (Fsp3) is 0.846. The standard InChI is InChI=1S/C13H24N2O2/c1-4-6-8-10(3)15-9-12(16)14-11(7-5-2)13(15)17/h10-11H,4-9H2,1-3H3,(H,14,16). The van der Waals surface area contributed by atoms with Gasteiger partial charge in [-0.25, -0.2) is 0 Å². The Morgan fingerprint density at radius 3 is 2.65 bits per heavy atom. The molecule has 1 aliphatic heterocycles. The first-order chi connectivity index (χ1) is 8.10. The molecule has 0 aromatic heterocycles. The molecule has 0 spiro atoms. The van der Waals surface area contributed by atoms with Crippen LogP contribution in [-0.2, 0) is 9.59 Å². The summed E-state index contributed by atoms with van der Waals surface area (Å²) in [5.74, 6) is 0.0708. The number of rotatable bonds is 6. The highest BCUT2D eigenvalue weighted by atomic mass is 16.2. The van der Waals surface area contributed by atoms with Gasteiger partial charge < -0.3 is 10.2 Å². The molecule has 4 nitrogen and oxygen atoms in total. The van der Waals surface area contributed by atoms with E-state index in [1.807, 2.05) is 13.8 Å². The van der Waals surface area contributed by atoms with E-state index in [2.05, 4.69) is 12.2 Å². The van der Waals surface area contributed by atoms with Gasteiger partial charge >= 0.3 is 0 Å². The van der Waals surface area contributed by atoms with Gasteiger partial charge in [0.25, 0.3) is 0 Å². The molecule has 1 N–H and O–H groups in total. The molecule has 1 heterocycles. The predicted molar refractivity (Wildman–Crippen MR) is 67.5 cm³/mol. The number of carbonyl (C=O) groups excluding carboxylic acids is 2. The highest BCUT2D eigenvalue weighted by Crippen LogP contribution is 2.14. The molecule has 17 heavy (non-hydrogen) atoms. The third kappa shape index (κ3) is 3.72. The predicted octanol–water partition coefficient (Wildman–Crippen LogP) is 1.69. The molecule has 1 fully saturated rings. The average molecular weight is 240 g/mol. The van der Waals surface area contributed by atoms with Crippen molar-refractivity contribution < 1.29 is 9.59 Å². The summed E-state index contributed by atoms with van der Waals surface area (Å²) in [7, 11) is 0. The van der Waals surface area contributed by atoms with E-state index in [0.717, 1.165) is 32.1 Å². The monoisotopic (exact) mass is 240 g/mol. The number of carbonyl (C=O) groups is 2. The molecule has 2 amide bonds. The summed E-state index contributed by atoms with van der Waals surface area (Å²) in [4.78, 5) is 25.5. The highest BCUT2D eigenvalue weighted by molar-refractivity contribution is 5.94. The molecule has 2 atom stereocenters. The van der Waals surface area contributed by atoms with Gasteiger partial charge in [-0.05, 0) is 19.8 Å². The van der Waals surface area contributed by atoms with Gasteiger partial charge in [0.1, 0.15) is 6.04 Å². The number of amides is 2. The molecule has 1 rings (SSSR count). The minimum Gasteiger partial charge on any atom is -0.343 e. The molecule has 0 aromatic rings. The van der Waals surface area contributed by atoms with Crippen LogP contribution in [0.15, 0.2) is 0 Å². The van der Waals surface area contributed by atoms with Crippen molar-refractivity contribution in [3.8, 4) is 0 Å². The van der Waals surface area contributed by atoms with E-state index in [-0.39, 0.29) is 30.4 Å². The first-order valence-electron chi connectivity index (χ1n) is 6.70. The molecule has 98 valence electrons. The fourth-order valence-electron chi connectivity index (χ4n) is 2.25. The summed E-state index contributed by atoms with van der Waals surface area (Å²) in [6.07, 6.45) is 4.85. The van der Waals surface area contributed by atoms with Crippen LogP contribution in [0.1, 0.15) is 52.9 Å². The molecule has 2 unspecified atom stereocenters. The van der Waals surface area contributed by atoms with Crippen molar-refractivity contribution in [1.82, 2.24) is 10.2 Å². The van der Waals surface area contributed by atoms with Crippen molar-refractivity contribution in [3.05, 3.63) is 0 Å². The normalized spacial score (nSPS) is 22.5. The quantitative estimate of drug-likeness (QED) is 0.768. The van der Waals surface area contributed by atoms with Crippen LogP contribution in [0.2, 0.25) is 0 Å². The van der Waals surface area contributed by atoms with E-state index in [1.54, 1.807) is 4.90 Å². The van der Waals surface area contributed by atoms with Crippen LogP contribution >= 0.6 is 0 Å². The Hall–Kier alpha value is -1.06. The molecule has 1 saturated heterocycles. The number of piperazine rings is 1. The van der Waals surface area contributed by atoms with E-state index in [0.29, 0.717) is 0 Å². The van der Waals surface area contributed by atoms with Crippen LogP contribution < -0.4 is 5.32 Å². The van der Waals surface area contributed by atoms with Crippen LogP contribution in [0.3, 0.4) is 0 Å². The highest BCUT2D eigenvalue weighted by Gasteiger charge is 2.34. The van der Waals surface area contributed by atoms with Crippen LogP contribution in [0.25, 0.3) is 0 Å². The maximum absolute atomic E-state index is 12.2. The van der Waals surface area contributed by atoms with Crippen molar-refractivity contribution in [2.45, 2.75) is 65.0 Å². The molecular weight excluding hydrogens is 216 g/mol. The molecule has 0 aliphatic carbocycles. The summed E-state index contributed by atoms with van der Waals surface area (Å²) < 4.78 is 0. The van der Waals surface area contributed by atoms with Crippen molar-refractivity contribution in [2.75, 3.05) is 6.54 Å². The molecule has 0 bridgehead atoms. The lowest BCUT2D eigenvalue weighted by Gasteiger charge is -2.36. The average Bonchev–Trinajstić information content (AvgIpc) is 2.30. The second kappa shape index (κ2) is 6.62. The number of nitrogens with one attached hydrogen (secondary N) is 1. The van der Waals surface area contributed by atoms with Crippen LogP contribution in [-0.4, -0.2) is 35.3 Å². The van der Waals surface area contributed by atoms with E-state index in [4.69, 9.17) is 0 Å². The zero-order valence-corrected chi connectivity index (χ0v) is 11.2. The first-order valence-corrected chi connectivity index (χ1v) is 6.70. The van der Waals surface area contributed by atoms with Crippen molar-refractivity contribution in [3.63, 3.8) is 0 Å². The van der Waals surface area contributed by atoms with Crippen molar-refractivity contribution in [1.29, 1.82) is 0 Å². The van der Waals surface area contributed by atoms with Gasteiger partial charge in [0, 0.05) is 6.04 Å². The van der Waals surface area contributed by atoms with Gasteiger partial charge in [-0.2, -0.15) is 0 Å². The lowest BCUT2D eigenvalue weighted by atomic mass is 10.0. The van der Waals surface area contributed by atoms with Crippen LogP contribution in [0, 0.1) is 0 Å². The van der Waals surface area contributed by atoms with Crippen LogP contribution in [0.5, 0.6) is 0 Å². The third-order valence-electron chi connectivity index (χ3n) is 3.32. The maximum Gasteiger partial charge on any atom is 0.245 e. The number of unbranched alkanes of at least 4 members (excludes halogenated alkanes) is 1. The second-order valence-electron chi connectivity index (χ2n) is 4.87. The van der Waals surface area contributed by atoms with Gasteiger partial charge in [0.2, 0.25) is 11.8 Å². The number of hydrogen-bond acceptors (Lipinski definition) is 2. The summed E-state index contributed by atoms with van der Waals surface area (Å²) in [6.45, 7) is 6.43. The number of hydrogen-bond donors (Lipinski definition) is 1. The topological polar surface area (TPSA) is 49.4 Å². The van der Waals surface area contributed by atoms with Gasteiger partial charge in [0.15, 0.2) is 0 Å². The zero-order chi connectivity index (χ0) is 12.8. The van der Waals surface area contributed by atoms with Gasteiger partial charge in [-0.15, -0.1) is 0 Å². The van der Waals surface area contributed by atoms with Gasteiger partial charge in [-0.3, -0.25) is 9.59 Å². The molecule has 0 aromatic carbocycles. The molecule has 1 aliphatic rings. The lowest BCUT2D eigenvalue weighted by Crippen LogP contribution is -2.60. The van der Waals surface area contributed by atoms with E-state index in [9.17, 15) is 9.59 Å². The Morgan fingerprint density at radius 1 is 1.35 bits per heavy atom. The maximum atomic E-state index is 12.2. The van der Waals surface area contributed by atoms with Crippen molar-refractivity contribution in [2.24, 2.45) is 0 Å². The van der Waals surface area contributed by atoms with Crippen molar-refractivity contribution >= 4 is 11.8 Å². The minimum atomic E-state index is -0.301. The smallest absolute Gasteiger partial charge is 0.245 e. The zero-order valence-electron chi connectivity index (χ0n) is 11.2. The number of nitrogens with zero attached hydrogens (tertiary/aromatic N) is 1. The van der Waals surface area contributed by atoms with Crippen LogP contribution in [0.4, 0.5) is 0 Å². The third-order valence-corrected chi connectivity index (χ3v) is 3.32. The van der Waals surface area contributed by atoms with Gasteiger partial charge in [0.05, 0.1) is 6.54 Å². The first kappa shape index (κ1) is 14.0. The van der Waals surface area contributed by atoms with Gasteiger partial charge in [-0.1, -0.05) is 33.1 Å². The molecule has 0 saturated carbocycles. The largest absolute Gasteiger partial charge is 0.343 e. The Morgan fingerprint density at radius 2 is 2.06 bits per heavy atom. The summed E-state index contributed by atoms with van der Waals surface area (Å²) in [5, 5.41) is 2.78. The molecule has 4 heteroatoms. The molecular formula is C13H24N2O2. The lowest BCUT2D eigenvalue weighted by molar-refractivity contribution is -0.146. The van der Waals surface area contributed by atoms with E-state index < -0.39 is 0 Å². The summed E-state index contributed by atoms with van der Waals surface area (Å²) in [5.41, 5.74) is 0. The second-order valence-corrected chi connectivity index (χ2v) is 4.87. The Balaban J connectivity index is 2.63.